The summed E-state index contributed by atoms with van der Waals surface area (Å²) in [5.74, 6) is 2.23. The van der Waals surface area contributed by atoms with E-state index in [1.54, 1.807) is 13.8 Å². The topological polar surface area (TPSA) is 105 Å². The second-order valence-electron chi connectivity index (χ2n) is 7.52. The van der Waals surface area contributed by atoms with Crippen molar-refractivity contribution in [3.8, 4) is 23.0 Å². The van der Waals surface area contributed by atoms with E-state index in [4.69, 9.17) is 9.84 Å². The van der Waals surface area contributed by atoms with E-state index in [9.17, 15) is 14.4 Å². The molecule has 2 aromatic carbocycles. The number of carboxylic acids is 1. The Kier molecular flexibility index (Phi) is 6.93. The number of hydrogen-bond donors (Lipinski definition) is 3. The Labute approximate surface area is 180 Å². The number of amides is 2. The van der Waals surface area contributed by atoms with E-state index in [1.165, 1.54) is 0 Å². The number of rotatable bonds is 6. The highest BCUT2D eigenvalue weighted by molar-refractivity contribution is 5.88. The van der Waals surface area contributed by atoms with E-state index in [2.05, 4.69) is 28.7 Å². The van der Waals surface area contributed by atoms with E-state index >= 15 is 0 Å². The molecule has 0 spiro atoms. The molecule has 7 heteroatoms. The van der Waals surface area contributed by atoms with E-state index in [0.29, 0.717) is 0 Å². The van der Waals surface area contributed by atoms with Crippen molar-refractivity contribution in [3.05, 3.63) is 59.7 Å². The van der Waals surface area contributed by atoms with Gasteiger partial charge < -0.3 is 20.5 Å². The van der Waals surface area contributed by atoms with E-state index in [-0.39, 0.29) is 25.0 Å². The standard InChI is InChI=1S/C24H24N2O5/c1-15(2)22(23(29)25-13-7-12-21(27)28)26-24(30)31-14-20-18-10-5-3-8-16(18)17-9-4-6-11-19(17)20/h3-6,8-11,15,20,22H,13-14H2,1-2H3,(H,25,29)(H,26,30)(H,27,28). The molecule has 2 amide bonds. The molecule has 0 saturated heterocycles. The van der Waals surface area contributed by atoms with Gasteiger partial charge in [0, 0.05) is 11.8 Å². The molecule has 0 heterocycles. The maximum atomic E-state index is 12.4. The summed E-state index contributed by atoms with van der Waals surface area (Å²) in [4.78, 5) is 35.2. The molecule has 0 aliphatic heterocycles. The van der Waals surface area contributed by atoms with Crippen LogP contribution in [-0.2, 0) is 14.3 Å². The molecule has 0 fully saturated rings. The monoisotopic (exact) mass is 420 g/mol. The van der Waals surface area contributed by atoms with Crippen molar-refractivity contribution < 1.29 is 24.2 Å². The predicted octanol–water partition coefficient (Wildman–Crippen LogP) is 2.75. The third kappa shape index (κ3) is 5.23. The van der Waals surface area contributed by atoms with Crippen molar-refractivity contribution in [2.24, 2.45) is 5.92 Å². The van der Waals surface area contributed by atoms with Crippen molar-refractivity contribution >= 4 is 18.0 Å². The van der Waals surface area contributed by atoms with Crippen molar-refractivity contribution in [1.82, 2.24) is 10.6 Å². The van der Waals surface area contributed by atoms with Crippen LogP contribution in [0.3, 0.4) is 0 Å². The summed E-state index contributed by atoms with van der Waals surface area (Å²) >= 11 is 0. The lowest BCUT2D eigenvalue weighted by Gasteiger charge is -2.22. The molecule has 3 N–H and O–H groups in total. The highest BCUT2D eigenvalue weighted by Gasteiger charge is 2.30. The molecular formula is C24H24N2O5. The van der Waals surface area contributed by atoms with Gasteiger partial charge in [0.15, 0.2) is 0 Å². The third-order valence-corrected chi connectivity index (χ3v) is 5.11. The van der Waals surface area contributed by atoms with Gasteiger partial charge in [-0.15, -0.1) is 0 Å². The number of carbonyl (C=O) groups is 3. The molecule has 1 atom stereocenters. The summed E-state index contributed by atoms with van der Waals surface area (Å²) in [7, 11) is 0. The van der Waals surface area contributed by atoms with Gasteiger partial charge in [0.05, 0.1) is 6.54 Å². The number of nitrogens with one attached hydrogen (secondary N) is 2. The average molecular weight is 420 g/mol. The summed E-state index contributed by atoms with van der Waals surface area (Å²) in [6.45, 7) is 3.60. The van der Waals surface area contributed by atoms with E-state index in [1.807, 2.05) is 42.3 Å². The molecule has 31 heavy (non-hydrogen) atoms. The maximum absolute atomic E-state index is 12.4. The molecule has 160 valence electrons. The molecule has 1 unspecified atom stereocenters. The van der Waals surface area contributed by atoms with Gasteiger partial charge in [-0.2, -0.15) is 0 Å². The lowest BCUT2D eigenvalue weighted by molar-refractivity contribution is -0.130. The van der Waals surface area contributed by atoms with Gasteiger partial charge in [-0.05, 0) is 28.2 Å². The quantitative estimate of drug-likeness (QED) is 0.624. The second-order valence-corrected chi connectivity index (χ2v) is 7.52. The van der Waals surface area contributed by atoms with Crippen molar-refractivity contribution in [3.63, 3.8) is 0 Å². The molecule has 0 saturated carbocycles. The van der Waals surface area contributed by atoms with Crippen LogP contribution in [0.4, 0.5) is 4.79 Å². The molecule has 2 aromatic rings. The van der Waals surface area contributed by atoms with Crippen LogP contribution in [-0.4, -0.2) is 42.3 Å². The Morgan fingerprint density at radius 3 is 2.16 bits per heavy atom. The van der Waals surface area contributed by atoms with Crippen LogP contribution in [0.1, 0.15) is 30.9 Å². The summed E-state index contributed by atoms with van der Waals surface area (Å²) in [6.07, 6.45) is -0.688. The van der Waals surface area contributed by atoms with Crippen LogP contribution in [0.5, 0.6) is 0 Å². The lowest BCUT2D eigenvalue weighted by Crippen LogP contribution is -2.50. The van der Waals surface area contributed by atoms with E-state index < -0.39 is 24.0 Å². The Morgan fingerprint density at radius 2 is 1.61 bits per heavy atom. The number of aliphatic carboxylic acids is 1. The number of alkyl carbamates (subject to hydrolysis) is 1. The molecule has 0 aromatic heterocycles. The molecule has 1 aliphatic carbocycles. The zero-order valence-electron chi connectivity index (χ0n) is 17.3. The first kappa shape index (κ1) is 21.9. The number of ether oxygens (including phenoxy) is 1. The van der Waals surface area contributed by atoms with E-state index in [0.717, 1.165) is 22.3 Å². The Hall–Kier alpha value is -3.79. The first-order valence-corrected chi connectivity index (χ1v) is 9.99. The summed E-state index contributed by atoms with van der Waals surface area (Å²) in [6, 6.07) is 15.2. The zero-order chi connectivity index (χ0) is 22.4. The third-order valence-electron chi connectivity index (χ3n) is 5.11. The largest absolute Gasteiger partial charge is 0.472 e. The van der Waals surface area contributed by atoms with Crippen LogP contribution in [0.2, 0.25) is 0 Å². The maximum Gasteiger partial charge on any atom is 0.407 e. The minimum Gasteiger partial charge on any atom is -0.472 e. The zero-order valence-corrected chi connectivity index (χ0v) is 17.3. The van der Waals surface area contributed by atoms with Gasteiger partial charge in [-0.1, -0.05) is 68.3 Å². The minimum absolute atomic E-state index is 0.0734. The van der Waals surface area contributed by atoms with Gasteiger partial charge in [0.25, 0.3) is 0 Å². The molecule has 7 nitrogen and oxygen atoms in total. The Balaban J connectivity index is 1.62. The number of carbonyl (C=O) groups excluding carboxylic acids is 2. The van der Waals surface area contributed by atoms with Crippen LogP contribution in [0.15, 0.2) is 48.5 Å². The lowest BCUT2D eigenvalue weighted by atomic mass is 9.98. The highest BCUT2D eigenvalue weighted by Crippen LogP contribution is 2.44. The van der Waals surface area contributed by atoms with Gasteiger partial charge in [-0.3, -0.25) is 4.79 Å². The second kappa shape index (κ2) is 9.81. The summed E-state index contributed by atoms with van der Waals surface area (Å²) in [5, 5.41) is 13.6. The molecule has 0 bridgehead atoms. The molecule has 0 radical (unpaired) electrons. The Bertz CT molecular complexity index is 1010. The fourth-order valence-electron chi connectivity index (χ4n) is 3.66. The Morgan fingerprint density at radius 1 is 1.03 bits per heavy atom. The van der Waals surface area contributed by atoms with Crippen molar-refractivity contribution in [2.75, 3.05) is 13.2 Å². The van der Waals surface area contributed by atoms with Crippen LogP contribution in [0.25, 0.3) is 11.1 Å². The predicted molar refractivity (Wildman–Crippen MR) is 115 cm³/mol. The number of hydrogen-bond acceptors (Lipinski definition) is 4. The van der Waals surface area contributed by atoms with Gasteiger partial charge in [0.1, 0.15) is 12.6 Å². The number of carboxylic acid groups (broad SMARTS) is 1. The van der Waals surface area contributed by atoms with Crippen LogP contribution < -0.4 is 10.6 Å². The molecule has 1 aliphatic rings. The normalized spacial score (nSPS) is 12.7. The molecule has 3 rings (SSSR count). The number of fused-ring (bicyclic) bond motifs is 3. The highest BCUT2D eigenvalue weighted by atomic mass is 16.5. The first-order valence-electron chi connectivity index (χ1n) is 9.99. The minimum atomic E-state index is -1.27. The number of benzene rings is 2. The first-order chi connectivity index (χ1) is 14.9. The summed E-state index contributed by atoms with van der Waals surface area (Å²) < 4.78 is 5.49. The van der Waals surface area contributed by atoms with Crippen LogP contribution in [0, 0.1) is 17.8 Å². The van der Waals surface area contributed by atoms with Crippen LogP contribution >= 0.6 is 0 Å². The smallest absolute Gasteiger partial charge is 0.407 e. The fraction of sp³-hybridized carbons (Fsp3) is 0.292. The van der Waals surface area contributed by atoms with Gasteiger partial charge in [0.2, 0.25) is 5.91 Å². The molecular weight excluding hydrogens is 396 g/mol. The fourth-order valence-corrected chi connectivity index (χ4v) is 3.66. The van der Waals surface area contributed by atoms with Crippen molar-refractivity contribution in [1.29, 1.82) is 0 Å². The average Bonchev–Trinajstić information content (AvgIpc) is 3.07. The van der Waals surface area contributed by atoms with Gasteiger partial charge >= 0.3 is 12.1 Å². The van der Waals surface area contributed by atoms with Crippen molar-refractivity contribution in [2.45, 2.75) is 25.8 Å². The van der Waals surface area contributed by atoms with Gasteiger partial charge in [-0.25, -0.2) is 9.59 Å². The SMILES string of the molecule is CC(C)C(NC(=O)OCC1c2ccccc2-c2ccccc21)C(=O)NCC#CC(=O)O. The summed E-state index contributed by atoms with van der Waals surface area (Å²) in [5.41, 5.74) is 4.47.